The Morgan fingerprint density at radius 3 is 2.20 bits per heavy atom. The van der Waals surface area contributed by atoms with Crippen LogP contribution in [0.1, 0.15) is 94.2 Å². The molecule has 1 heteroatoms. The van der Waals surface area contributed by atoms with Crippen molar-refractivity contribution in [1.82, 2.24) is 0 Å². The minimum Gasteiger partial charge on any atom is -0.494 e. The fourth-order valence-corrected chi connectivity index (χ4v) is 4.35. The molecule has 0 aromatic heterocycles. The van der Waals surface area contributed by atoms with Gasteiger partial charge in [-0.3, -0.25) is 0 Å². The molecule has 0 saturated heterocycles. The number of ether oxygens (including phenoxy) is 1. The predicted octanol–water partition coefficient (Wildman–Crippen LogP) is 7.92. The van der Waals surface area contributed by atoms with Gasteiger partial charge in [-0.1, -0.05) is 75.6 Å². The van der Waals surface area contributed by atoms with Gasteiger partial charge in [0.25, 0.3) is 0 Å². The number of benzene rings is 2. The van der Waals surface area contributed by atoms with Crippen molar-refractivity contribution in [2.24, 2.45) is 5.92 Å². The zero-order chi connectivity index (χ0) is 21.0. The second kappa shape index (κ2) is 12.5. The van der Waals surface area contributed by atoms with Crippen molar-refractivity contribution < 1.29 is 4.74 Å². The third-order valence-corrected chi connectivity index (χ3v) is 6.26. The Kier molecular flexibility index (Phi) is 9.36. The molecule has 0 unspecified atom stereocenters. The van der Waals surface area contributed by atoms with Crippen LogP contribution in [0.3, 0.4) is 0 Å². The van der Waals surface area contributed by atoms with Gasteiger partial charge in [0, 0.05) is 11.5 Å². The summed E-state index contributed by atoms with van der Waals surface area (Å²) < 4.78 is 5.89. The maximum atomic E-state index is 5.89. The first-order valence-corrected chi connectivity index (χ1v) is 12.1. The largest absolute Gasteiger partial charge is 0.494 e. The van der Waals surface area contributed by atoms with E-state index in [4.69, 9.17) is 4.74 Å². The molecule has 2 aromatic carbocycles. The molecule has 1 aliphatic carbocycles. The maximum absolute atomic E-state index is 5.89. The lowest BCUT2D eigenvalue weighted by Gasteiger charge is -2.26. The predicted molar refractivity (Wildman–Crippen MR) is 128 cm³/mol. The Hall–Kier alpha value is -2.20. The van der Waals surface area contributed by atoms with E-state index in [0.717, 1.165) is 30.8 Å². The van der Waals surface area contributed by atoms with Crippen LogP contribution in [0.2, 0.25) is 0 Å². The van der Waals surface area contributed by atoms with Gasteiger partial charge < -0.3 is 4.74 Å². The average Bonchev–Trinajstić information content (AvgIpc) is 2.79. The Labute approximate surface area is 184 Å². The zero-order valence-electron chi connectivity index (χ0n) is 19.0. The van der Waals surface area contributed by atoms with E-state index in [-0.39, 0.29) is 0 Å². The summed E-state index contributed by atoms with van der Waals surface area (Å²) in [6, 6.07) is 17.7. The maximum Gasteiger partial charge on any atom is 0.119 e. The molecule has 1 fully saturated rings. The van der Waals surface area contributed by atoms with E-state index in [1.165, 1.54) is 62.5 Å². The molecule has 1 aliphatic rings. The number of hydrogen-bond acceptors (Lipinski definition) is 1. The lowest BCUT2D eigenvalue weighted by molar-refractivity contribution is 0.304. The quantitative estimate of drug-likeness (QED) is 0.306. The van der Waals surface area contributed by atoms with Gasteiger partial charge in [-0.15, -0.1) is 0 Å². The summed E-state index contributed by atoms with van der Waals surface area (Å²) in [5.74, 6) is 9.18. The third kappa shape index (κ3) is 7.24. The van der Waals surface area contributed by atoms with Gasteiger partial charge in [0.05, 0.1) is 6.61 Å². The van der Waals surface area contributed by atoms with E-state index in [0.29, 0.717) is 11.8 Å². The zero-order valence-corrected chi connectivity index (χ0v) is 19.0. The Morgan fingerprint density at radius 1 is 0.800 bits per heavy atom. The smallest absolute Gasteiger partial charge is 0.119 e. The summed E-state index contributed by atoms with van der Waals surface area (Å²) in [6.45, 7) is 5.30. The summed E-state index contributed by atoms with van der Waals surface area (Å²) >= 11 is 0. The molecule has 3 rings (SSSR count). The number of hydrogen-bond donors (Lipinski definition) is 0. The topological polar surface area (TPSA) is 9.23 Å². The van der Waals surface area contributed by atoms with Gasteiger partial charge in [-0.25, -0.2) is 0 Å². The molecule has 0 heterocycles. The first-order valence-electron chi connectivity index (χ1n) is 12.1. The van der Waals surface area contributed by atoms with Gasteiger partial charge in [0.2, 0.25) is 0 Å². The van der Waals surface area contributed by atoms with Gasteiger partial charge in [0.15, 0.2) is 0 Å². The lowest BCUT2D eigenvalue weighted by atomic mass is 9.79. The van der Waals surface area contributed by atoms with E-state index in [2.05, 4.69) is 74.2 Å². The summed E-state index contributed by atoms with van der Waals surface area (Å²) in [4.78, 5) is 0. The number of rotatable bonds is 9. The van der Waals surface area contributed by atoms with Crippen LogP contribution in [0, 0.1) is 17.8 Å². The molecular weight excluding hydrogens is 364 g/mol. The molecule has 0 radical (unpaired) electrons. The van der Waals surface area contributed by atoms with Gasteiger partial charge >= 0.3 is 0 Å². The molecular formula is C29H38O. The van der Waals surface area contributed by atoms with Crippen molar-refractivity contribution in [2.75, 3.05) is 6.61 Å². The van der Waals surface area contributed by atoms with Crippen LogP contribution in [0.4, 0.5) is 0 Å². The highest BCUT2D eigenvalue weighted by molar-refractivity contribution is 5.37. The van der Waals surface area contributed by atoms with Crippen molar-refractivity contribution in [3.05, 3.63) is 65.2 Å². The van der Waals surface area contributed by atoms with Crippen LogP contribution in [0.15, 0.2) is 48.5 Å². The molecule has 30 heavy (non-hydrogen) atoms. The summed E-state index contributed by atoms with van der Waals surface area (Å²) in [6.07, 6.45) is 12.3. The van der Waals surface area contributed by atoms with Crippen molar-refractivity contribution in [3.8, 4) is 17.6 Å². The monoisotopic (exact) mass is 402 g/mol. The summed E-state index contributed by atoms with van der Waals surface area (Å²) in [7, 11) is 0. The van der Waals surface area contributed by atoms with E-state index in [1.54, 1.807) is 0 Å². The molecule has 0 spiro atoms. The van der Waals surface area contributed by atoms with Crippen LogP contribution < -0.4 is 4.74 Å². The molecule has 0 aliphatic heterocycles. The highest BCUT2D eigenvalue weighted by Crippen LogP contribution is 2.36. The van der Waals surface area contributed by atoms with E-state index in [9.17, 15) is 0 Å². The Balaban J connectivity index is 1.43. The van der Waals surface area contributed by atoms with Crippen LogP contribution >= 0.6 is 0 Å². The second-order valence-corrected chi connectivity index (χ2v) is 8.74. The molecule has 0 amide bonds. The Bertz CT molecular complexity index is 783. The van der Waals surface area contributed by atoms with E-state index < -0.39 is 0 Å². The Morgan fingerprint density at radius 2 is 1.53 bits per heavy atom. The standard InChI is InChI=1S/C29H38O/c1-3-5-6-7-23-30-29-21-19-28(20-22-29)27-17-15-26(16-18-27)14-13-25-11-9-24(8-4-2)10-12-25/h9-12,19-22,26-27H,3-8,15-18,23H2,1-2H3/t26-,27-. The third-order valence-electron chi connectivity index (χ3n) is 6.26. The first kappa shape index (κ1) is 22.5. The van der Waals surface area contributed by atoms with Crippen molar-refractivity contribution in [2.45, 2.75) is 84.0 Å². The van der Waals surface area contributed by atoms with Crippen molar-refractivity contribution in [3.63, 3.8) is 0 Å². The normalized spacial score (nSPS) is 18.5. The lowest BCUT2D eigenvalue weighted by Crippen LogP contribution is -2.12. The van der Waals surface area contributed by atoms with Crippen molar-refractivity contribution in [1.29, 1.82) is 0 Å². The first-order chi connectivity index (χ1) is 14.8. The van der Waals surface area contributed by atoms with Crippen LogP contribution in [-0.4, -0.2) is 6.61 Å². The van der Waals surface area contributed by atoms with Gasteiger partial charge in [-0.2, -0.15) is 0 Å². The molecule has 1 nitrogen and oxygen atoms in total. The SMILES string of the molecule is CCCCCCOc1ccc([C@H]2CC[C@H](C#Cc3ccc(CCC)cc3)CC2)cc1. The molecule has 0 atom stereocenters. The second-order valence-electron chi connectivity index (χ2n) is 8.74. The van der Waals surface area contributed by atoms with Crippen LogP contribution in [0.25, 0.3) is 0 Å². The van der Waals surface area contributed by atoms with E-state index >= 15 is 0 Å². The van der Waals surface area contributed by atoms with E-state index in [1.807, 2.05) is 0 Å². The highest BCUT2D eigenvalue weighted by atomic mass is 16.5. The minimum atomic E-state index is 0.544. The molecule has 0 N–H and O–H groups in total. The number of unbranched alkanes of at least 4 members (excludes halogenated alkanes) is 3. The fourth-order valence-electron chi connectivity index (χ4n) is 4.35. The van der Waals surface area contributed by atoms with Crippen molar-refractivity contribution >= 4 is 0 Å². The number of aryl methyl sites for hydroxylation is 1. The van der Waals surface area contributed by atoms with Gasteiger partial charge in [-0.05, 0) is 79.8 Å². The molecule has 2 aromatic rings. The average molecular weight is 403 g/mol. The summed E-state index contributed by atoms with van der Waals surface area (Å²) in [5, 5.41) is 0. The fraction of sp³-hybridized carbons (Fsp3) is 0.517. The van der Waals surface area contributed by atoms with Crippen LogP contribution in [0.5, 0.6) is 5.75 Å². The summed E-state index contributed by atoms with van der Waals surface area (Å²) in [5.41, 5.74) is 4.03. The van der Waals surface area contributed by atoms with Crippen LogP contribution in [-0.2, 0) is 6.42 Å². The molecule has 1 saturated carbocycles. The minimum absolute atomic E-state index is 0.544. The molecule has 0 bridgehead atoms. The highest BCUT2D eigenvalue weighted by Gasteiger charge is 2.21. The molecule has 160 valence electrons. The van der Waals surface area contributed by atoms with Gasteiger partial charge in [0.1, 0.15) is 5.75 Å².